The van der Waals surface area contributed by atoms with E-state index in [2.05, 4.69) is 10.2 Å². The molecule has 1 N–H and O–H groups in total. The molecule has 0 radical (unpaired) electrons. The summed E-state index contributed by atoms with van der Waals surface area (Å²) in [6.45, 7) is 4.33. The summed E-state index contributed by atoms with van der Waals surface area (Å²) in [5.41, 5.74) is 0.746. The van der Waals surface area contributed by atoms with Crippen LogP contribution in [0.25, 0.3) is 0 Å². The fraction of sp³-hybridized carbons (Fsp3) is 0.700. The summed E-state index contributed by atoms with van der Waals surface area (Å²) in [6, 6.07) is 1.67. The minimum atomic E-state index is -0.139. The summed E-state index contributed by atoms with van der Waals surface area (Å²) in [6.07, 6.45) is 6.58. The van der Waals surface area contributed by atoms with Crippen molar-refractivity contribution >= 4 is 17.7 Å². The summed E-state index contributed by atoms with van der Waals surface area (Å²) >= 11 is 0. The first-order valence-electron chi connectivity index (χ1n) is 10.4. The number of likely N-dealkylation sites (tertiary alicyclic amines) is 1. The third-order valence-corrected chi connectivity index (χ3v) is 6.44. The van der Waals surface area contributed by atoms with Crippen molar-refractivity contribution < 1.29 is 14.4 Å². The first-order chi connectivity index (χ1) is 13.6. The van der Waals surface area contributed by atoms with E-state index in [9.17, 15) is 14.4 Å². The van der Waals surface area contributed by atoms with Crippen molar-refractivity contribution in [1.29, 1.82) is 0 Å². The van der Waals surface area contributed by atoms with Crippen LogP contribution in [0.3, 0.4) is 0 Å². The summed E-state index contributed by atoms with van der Waals surface area (Å²) < 4.78 is 0. The van der Waals surface area contributed by atoms with Gasteiger partial charge in [-0.05, 0) is 38.2 Å². The minimum absolute atomic E-state index is 0.0324. The topological polar surface area (TPSA) is 89.6 Å². The number of rotatable bonds is 4. The second-order valence-corrected chi connectivity index (χ2v) is 8.19. The van der Waals surface area contributed by atoms with Crippen molar-refractivity contribution in [1.82, 2.24) is 24.9 Å². The van der Waals surface area contributed by atoms with E-state index in [1.807, 2.05) is 16.7 Å². The van der Waals surface area contributed by atoms with E-state index in [0.29, 0.717) is 13.0 Å². The van der Waals surface area contributed by atoms with Crippen LogP contribution >= 0.6 is 0 Å². The Kier molecular flexibility index (Phi) is 5.37. The van der Waals surface area contributed by atoms with Crippen LogP contribution < -0.4 is 0 Å². The quantitative estimate of drug-likeness (QED) is 0.828. The summed E-state index contributed by atoms with van der Waals surface area (Å²) in [5, 5.41) is 6.67. The number of nitrogens with zero attached hydrogens (tertiary/aromatic N) is 4. The number of fused-ring (bicyclic) bond motifs is 1. The van der Waals surface area contributed by atoms with Crippen molar-refractivity contribution in [2.45, 2.75) is 57.5 Å². The van der Waals surface area contributed by atoms with Crippen LogP contribution in [0.4, 0.5) is 0 Å². The molecular formula is C20H29N5O3. The Hall–Kier alpha value is -2.38. The van der Waals surface area contributed by atoms with Gasteiger partial charge in [-0.2, -0.15) is 5.10 Å². The predicted octanol–water partition coefficient (Wildman–Crippen LogP) is 0.803. The highest BCUT2D eigenvalue weighted by Crippen LogP contribution is 2.36. The van der Waals surface area contributed by atoms with Crippen LogP contribution in [-0.2, 0) is 20.8 Å². The van der Waals surface area contributed by atoms with Crippen LogP contribution in [0.1, 0.15) is 44.7 Å². The Labute approximate surface area is 165 Å². The van der Waals surface area contributed by atoms with Gasteiger partial charge in [0.1, 0.15) is 0 Å². The van der Waals surface area contributed by atoms with Crippen LogP contribution in [0.5, 0.6) is 0 Å². The van der Waals surface area contributed by atoms with Gasteiger partial charge in [-0.15, -0.1) is 0 Å². The molecule has 0 aromatic carbocycles. The molecule has 3 aliphatic heterocycles. The number of hydrogen-bond acceptors (Lipinski definition) is 4. The smallest absolute Gasteiger partial charge is 0.242 e. The lowest BCUT2D eigenvalue weighted by Gasteiger charge is -2.40. The van der Waals surface area contributed by atoms with Crippen LogP contribution in [-0.4, -0.2) is 80.9 Å². The second-order valence-electron chi connectivity index (χ2n) is 8.19. The highest BCUT2D eigenvalue weighted by Gasteiger charge is 2.50. The van der Waals surface area contributed by atoms with Gasteiger partial charge in [-0.1, -0.05) is 6.92 Å². The maximum atomic E-state index is 13.1. The number of piperazine rings is 1. The molecule has 1 aromatic rings. The van der Waals surface area contributed by atoms with Crippen molar-refractivity contribution in [3.63, 3.8) is 0 Å². The van der Waals surface area contributed by atoms with Crippen molar-refractivity contribution in [3.8, 4) is 0 Å². The molecule has 0 aliphatic carbocycles. The van der Waals surface area contributed by atoms with Gasteiger partial charge in [-0.25, -0.2) is 0 Å². The number of carbonyl (C=O) groups excluding carboxylic acids is 3. The Balaban J connectivity index is 1.46. The van der Waals surface area contributed by atoms with Crippen molar-refractivity contribution in [2.24, 2.45) is 5.92 Å². The largest absolute Gasteiger partial charge is 0.342 e. The Morgan fingerprint density at radius 2 is 2.00 bits per heavy atom. The van der Waals surface area contributed by atoms with Crippen molar-refractivity contribution in [2.75, 3.05) is 26.2 Å². The number of carbonyl (C=O) groups is 3. The molecule has 28 heavy (non-hydrogen) atoms. The summed E-state index contributed by atoms with van der Waals surface area (Å²) in [5.74, 6) is -0.0464. The number of nitrogens with one attached hydrogen (secondary N) is 1. The van der Waals surface area contributed by atoms with Gasteiger partial charge in [0.25, 0.3) is 0 Å². The first-order valence-corrected chi connectivity index (χ1v) is 10.4. The minimum Gasteiger partial charge on any atom is -0.342 e. The fourth-order valence-corrected chi connectivity index (χ4v) is 5.09. The molecule has 3 fully saturated rings. The average molecular weight is 387 g/mol. The third-order valence-electron chi connectivity index (χ3n) is 6.44. The Bertz CT molecular complexity index is 728. The van der Waals surface area contributed by atoms with E-state index in [1.165, 1.54) is 6.42 Å². The number of amides is 3. The standard InChI is InChI=1S/C20H29N5O3/c1-2-17-16(20(28)23-8-4-3-5-9-23)11-15-12-24(13-19(27)25(15)17)18(26)10-14-6-7-21-22-14/h6-7,15-17H,2-5,8-13H2,1H3,(H,21,22)/t15-,16-,17-/m0/s1. The highest BCUT2D eigenvalue weighted by atomic mass is 16.2. The highest BCUT2D eigenvalue weighted by molar-refractivity contribution is 5.89. The molecule has 0 saturated carbocycles. The molecule has 0 spiro atoms. The molecule has 1 aromatic heterocycles. The molecule has 3 aliphatic rings. The van der Waals surface area contributed by atoms with E-state index in [4.69, 9.17) is 0 Å². The predicted molar refractivity (Wildman–Crippen MR) is 102 cm³/mol. The monoisotopic (exact) mass is 387 g/mol. The third kappa shape index (κ3) is 3.52. The van der Waals surface area contributed by atoms with Gasteiger partial charge in [0.05, 0.1) is 24.9 Å². The molecule has 8 heteroatoms. The van der Waals surface area contributed by atoms with E-state index in [-0.39, 0.29) is 48.7 Å². The lowest BCUT2D eigenvalue weighted by molar-refractivity contribution is -0.149. The molecule has 4 rings (SSSR count). The molecular weight excluding hydrogens is 358 g/mol. The zero-order valence-corrected chi connectivity index (χ0v) is 16.5. The molecule has 3 saturated heterocycles. The van der Waals surface area contributed by atoms with E-state index in [1.54, 1.807) is 17.2 Å². The maximum absolute atomic E-state index is 13.1. The SMILES string of the molecule is CC[C@H]1[C@@H](C(=O)N2CCCCC2)C[C@H]2CN(C(=O)Cc3ccn[nH]3)CC(=O)N21. The average Bonchev–Trinajstić information content (AvgIpc) is 3.35. The maximum Gasteiger partial charge on any atom is 0.242 e. The van der Waals surface area contributed by atoms with Gasteiger partial charge >= 0.3 is 0 Å². The lowest BCUT2D eigenvalue weighted by atomic mass is 9.94. The van der Waals surface area contributed by atoms with Crippen LogP contribution in [0.2, 0.25) is 0 Å². The molecule has 0 bridgehead atoms. The van der Waals surface area contributed by atoms with Crippen LogP contribution in [0.15, 0.2) is 12.3 Å². The Morgan fingerprint density at radius 1 is 1.21 bits per heavy atom. The summed E-state index contributed by atoms with van der Waals surface area (Å²) in [7, 11) is 0. The first kappa shape index (κ1) is 19.0. The molecule has 3 atom stereocenters. The second kappa shape index (κ2) is 7.93. The zero-order chi connectivity index (χ0) is 19.7. The van der Waals surface area contributed by atoms with Gasteiger partial charge in [-0.3, -0.25) is 19.5 Å². The van der Waals surface area contributed by atoms with Crippen molar-refractivity contribution in [3.05, 3.63) is 18.0 Å². The number of aromatic amines is 1. The van der Waals surface area contributed by atoms with Crippen LogP contribution in [0, 0.1) is 5.92 Å². The van der Waals surface area contributed by atoms with Gasteiger partial charge in [0.15, 0.2) is 0 Å². The van der Waals surface area contributed by atoms with Gasteiger partial charge < -0.3 is 14.7 Å². The van der Waals surface area contributed by atoms with E-state index >= 15 is 0 Å². The fourth-order valence-electron chi connectivity index (χ4n) is 5.09. The molecule has 3 amide bonds. The number of H-pyrrole nitrogens is 1. The van der Waals surface area contributed by atoms with Gasteiger partial charge in [0, 0.05) is 37.6 Å². The van der Waals surface area contributed by atoms with E-state index in [0.717, 1.165) is 38.0 Å². The summed E-state index contributed by atoms with van der Waals surface area (Å²) in [4.78, 5) is 44.2. The normalized spacial score (nSPS) is 27.8. The lowest BCUT2D eigenvalue weighted by Crippen LogP contribution is -2.58. The molecule has 0 unspecified atom stereocenters. The van der Waals surface area contributed by atoms with E-state index < -0.39 is 0 Å². The molecule has 4 heterocycles. The number of aromatic nitrogens is 2. The number of hydrogen-bond donors (Lipinski definition) is 1. The molecule has 152 valence electrons. The molecule has 8 nitrogen and oxygen atoms in total. The number of piperidine rings is 1. The zero-order valence-electron chi connectivity index (χ0n) is 16.5. The Morgan fingerprint density at radius 3 is 2.68 bits per heavy atom. The van der Waals surface area contributed by atoms with Gasteiger partial charge in [0.2, 0.25) is 17.7 Å².